The molecule has 4 rings (SSSR count). The van der Waals surface area contributed by atoms with Crippen LogP contribution in [0.15, 0.2) is 79.0 Å². The first-order valence-electron chi connectivity index (χ1n) is 10.0. The van der Waals surface area contributed by atoms with Crippen molar-refractivity contribution in [3.8, 4) is 6.07 Å². The first-order valence-corrected chi connectivity index (χ1v) is 10.0. The zero-order valence-corrected chi connectivity index (χ0v) is 17.3. The molecule has 33 heavy (non-hydrogen) atoms. The van der Waals surface area contributed by atoms with Gasteiger partial charge in [-0.05, 0) is 59.5 Å². The number of carbonyl (C=O) groups excluding carboxylic acids is 2. The van der Waals surface area contributed by atoms with E-state index in [0.29, 0.717) is 38.7 Å². The number of amides is 1. The van der Waals surface area contributed by atoms with E-state index in [2.05, 4.69) is 10.3 Å². The van der Waals surface area contributed by atoms with Gasteiger partial charge in [-0.2, -0.15) is 5.26 Å². The molecule has 0 atom stereocenters. The average Bonchev–Trinajstić information content (AvgIpc) is 2.84. The van der Waals surface area contributed by atoms with E-state index >= 15 is 0 Å². The molecule has 160 valence electrons. The fraction of sp³-hybridized carbons (Fsp3) is 0.0385. The summed E-state index contributed by atoms with van der Waals surface area (Å²) in [4.78, 5) is 40.9. The fourth-order valence-corrected chi connectivity index (χ4v) is 3.48. The largest absolute Gasteiger partial charge is 0.481 e. The molecule has 2 N–H and O–H groups in total. The highest BCUT2D eigenvalue weighted by Crippen LogP contribution is 2.24. The van der Waals surface area contributed by atoms with Crippen LogP contribution >= 0.6 is 0 Å². The predicted molar refractivity (Wildman–Crippen MR) is 122 cm³/mol. The van der Waals surface area contributed by atoms with Crippen molar-refractivity contribution >= 4 is 34.1 Å². The molecule has 1 heterocycles. The van der Waals surface area contributed by atoms with E-state index in [1.54, 1.807) is 72.8 Å². The summed E-state index contributed by atoms with van der Waals surface area (Å²) in [5.41, 5.74) is 2.54. The van der Waals surface area contributed by atoms with Gasteiger partial charge in [0.2, 0.25) is 5.78 Å². The van der Waals surface area contributed by atoms with E-state index in [1.807, 2.05) is 6.07 Å². The lowest BCUT2D eigenvalue weighted by Crippen LogP contribution is -2.12. The average molecular weight is 435 g/mol. The Hall–Kier alpha value is -4.83. The Kier molecular flexibility index (Phi) is 5.92. The molecule has 7 nitrogen and oxygen atoms in total. The molecule has 0 aliphatic rings. The maximum Gasteiger partial charge on any atom is 0.307 e. The second-order valence-corrected chi connectivity index (χ2v) is 7.30. The molecule has 0 spiro atoms. The summed E-state index contributed by atoms with van der Waals surface area (Å²) in [5.74, 6) is -1.61. The summed E-state index contributed by atoms with van der Waals surface area (Å²) in [6.45, 7) is 0. The Labute approximate surface area is 188 Å². The van der Waals surface area contributed by atoms with Crippen LogP contribution in [0.5, 0.6) is 0 Å². The number of nitrogens with zero attached hydrogens (tertiary/aromatic N) is 2. The number of carbonyl (C=O) groups is 3. The van der Waals surface area contributed by atoms with Crippen molar-refractivity contribution in [2.75, 3.05) is 5.32 Å². The third-order valence-electron chi connectivity index (χ3n) is 5.12. The van der Waals surface area contributed by atoms with E-state index in [-0.39, 0.29) is 23.8 Å². The van der Waals surface area contributed by atoms with E-state index in [1.165, 1.54) is 6.20 Å². The molecule has 0 radical (unpaired) electrons. The molecular weight excluding hydrogens is 418 g/mol. The SMILES string of the molecule is N#Cc1ccc(C(=O)Nc2ccc(C(=O)c3ncc(CC(=O)O)c4ccccc34)cc2)cc1. The van der Waals surface area contributed by atoms with E-state index in [0.717, 1.165) is 0 Å². The number of nitrogens with one attached hydrogen (secondary N) is 1. The topological polar surface area (TPSA) is 120 Å². The molecule has 3 aromatic carbocycles. The molecule has 1 amide bonds. The number of benzene rings is 3. The molecule has 0 aliphatic carbocycles. The quantitative estimate of drug-likeness (QED) is 0.438. The third kappa shape index (κ3) is 4.60. The molecule has 0 unspecified atom stereocenters. The zero-order chi connectivity index (χ0) is 23.4. The number of fused-ring (bicyclic) bond motifs is 1. The zero-order valence-electron chi connectivity index (χ0n) is 17.3. The van der Waals surface area contributed by atoms with Crippen LogP contribution in [-0.4, -0.2) is 27.8 Å². The standard InChI is InChI=1S/C26H17N3O4/c27-14-16-5-7-18(8-6-16)26(33)29-20-11-9-17(10-12-20)25(32)24-22-4-2-1-3-21(22)19(15-28-24)13-23(30)31/h1-12,15H,13H2,(H,29,33)(H,30,31). The molecule has 0 saturated carbocycles. The highest BCUT2D eigenvalue weighted by atomic mass is 16.4. The number of nitriles is 1. The van der Waals surface area contributed by atoms with Crippen LogP contribution in [0, 0.1) is 11.3 Å². The second-order valence-electron chi connectivity index (χ2n) is 7.30. The van der Waals surface area contributed by atoms with Gasteiger partial charge in [0.1, 0.15) is 5.69 Å². The summed E-state index contributed by atoms with van der Waals surface area (Å²) < 4.78 is 0. The van der Waals surface area contributed by atoms with Gasteiger partial charge >= 0.3 is 5.97 Å². The minimum atomic E-state index is -0.973. The monoisotopic (exact) mass is 435 g/mol. The molecule has 0 aliphatic heterocycles. The van der Waals surface area contributed by atoms with Crippen molar-refractivity contribution < 1.29 is 19.5 Å². The van der Waals surface area contributed by atoms with Gasteiger partial charge in [0.15, 0.2) is 0 Å². The molecule has 0 fully saturated rings. The minimum absolute atomic E-state index is 0.185. The lowest BCUT2D eigenvalue weighted by molar-refractivity contribution is -0.136. The van der Waals surface area contributed by atoms with E-state index in [4.69, 9.17) is 10.4 Å². The second kappa shape index (κ2) is 9.12. The normalized spacial score (nSPS) is 10.4. The molecule has 1 aromatic heterocycles. The smallest absolute Gasteiger partial charge is 0.307 e. The van der Waals surface area contributed by atoms with E-state index in [9.17, 15) is 14.4 Å². The molecule has 0 saturated heterocycles. The number of carboxylic acid groups (broad SMARTS) is 1. The van der Waals surface area contributed by atoms with Crippen molar-refractivity contribution in [1.29, 1.82) is 5.26 Å². The predicted octanol–water partition coefficient (Wildman–Crippen LogP) is 4.22. The molecule has 7 heteroatoms. The van der Waals surface area contributed by atoms with Gasteiger partial charge in [-0.1, -0.05) is 24.3 Å². The van der Waals surface area contributed by atoms with Gasteiger partial charge in [0.25, 0.3) is 5.91 Å². The number of carboxylic acids is 1. The Morgan fingerprint density at radius 3 is 2.15 bits per heavy atom. The maximum absolute atomic E-state index is 13.1. The number of aromatic nitrogens is 1. The van der Waals surface area contributed by atoms with Crippen LogP contribution < -0.4 is 5.32 Å². The summed E-state index contributed by atoms with van der Waals surface area (Å²) in [5, 5.41) is 22.0. The number of aliphatic carboxylic acids is 1. The molecular formula is C26H17N3O4. The first kappa shape index (κ1) is 21.4. The summed E-state index contributed by atoms with van der Waals surface area (Å²) in [7, 11) is 0. The highest BCUT2D eigenvalue weighted by Gasteiger charge is 2.17. The Morgan fingerprint density at radius 2 is 1.52 bits per heavy atom. The summed E-state index contributed by atoms with van der Waals surface area (Å²) >= 11 is 0. The number of ketones is 1. The van der Waals surface area contributed by atoms with Gasteiger partial charge in [0.05, 0.1) is 18.1 Å². The van der Waals surface area contributed by atoms with Crippen LogP contribution in [0.1, 0.15) is 37.5 Å². The van der Waals surface area contributed by atoms with Crippen molar-refractivity contribution in [1.82, 2.24) is 4.98 Å². The maximum atomic E-state index is 13.1. The Bertz CT molecular complexity index is 1420. The van der Waals surface area contributed by atoms with Crippen molar-refractivity contribution in [2.24, 2.45) is 0 Å². The lowest BCUT2D eigenvalue weighted by atomic mass is 9.98. The van der Waals surface area contributed by atoms with Gasteiger partial charge in [0, 0.05) is 28.4 Å². The molecule has 0 bridgehead atoms. The van der Waals surface area contributed by atoms with Gasteiger partial charge in [-0.25, -0.2) is 0 Å². The highest BCUT2D eigenvalue weighted by molar-refractivity contribution is 6.15. The lowest BCUT2D eigenvalue weighted by Gasteiger charge is -2.10. The first-order chi connectivity index (χ1) is 16.0. The van der Waals surface area contributed by atoms with E-state index < -0.39 is 5.97 Å². The third-order valence-corrected chi connectivity index (χ3v) is 5.12. The minimum Gasteiger partial charge on any atom is -0.481 e. The van der Waals surface area contributed by atoms with Gasteiger partial charge in [-0.15, -0.1) is 0 Å². The number of anilines is 1. The number of hydrogen-bond donors (Lipinski definition) is 2. The van der Waals surface area contributed by atoms with Crippen LogP contribution in [0.2, 0.25) is 0 Å². The van der Waals surface area contributed by atoms with Gasteiger partial charge < -0.3 is 10.4 Å². The molecule has 4 aromatic rings. The fourth-order valence-electron chi connectivity index (χ4n) is 3.48. The number of rotatable bonds is 6. The van der Waals surface area contributed by atoms with Crippen LogP contribution in [0.25, 0.3) is 10.8 Å². The number of hydrogen-bond acceptors (Lipinski definition) is 5. The number of pyridine rings is 1. The Morgan fingerprint density at radius 1 is 0.879 bits per heavy atom. The Balaban J connectivity index is 1.56. The van der Waals surface area contributed by atoms with Crippen LogP contribution in [0.4, 0.5) is 5.69 Å². The van der Waals surface area contributed by atoms with Crippen molar-refractivity contribution in [3.05, 3.63) is 107 Å². The van der Waals surface area contributed by atoms with Gasteiger partial charge in [-0.3, -0.25) is 19.4 Å². The van der Waals surface area contributed by atoms with Crippen LogP contribution in [0.3, 0.4) is 0 Å². The van der Waals surface area contributed by atoms with Crippen molar-refractivity contribution in [2.45, 2.75) is 6.42 Å². The summed E-state index contributed by atoms with van der Waals surface area (Å²) in [6.07, 6.45) is 1.24. The van der Waals surface area contributed by atoms with Crippen molar-refractivity contribution in [3.63, 3.8) is 0 Å². The summed E-state index contributed by atoms with van der Waals surface area (Å²) in [6, 6.07) is 21.8. The van der Waals surface area contributed by atoms with Crippen LogP contribution in [-0.2, 0) is 11.2 Å².